The van der Waals surface area contributed by atoms with Gasteiger partial charge in [-0.1, -0.05) is 47.7 Å². The van der Waals surface area contributed by atoms with Crippen LogP contribution in [0.15, 0.2) is 67.0 Å². The van der Waals surface area contributed by atoms with E-state index in [1.54, 1.807) is 35.1 Å². The van der Waals surface area contributed by atoms with Crippen LogP contribution < -0.4 is 10.6 Å². The summed E-state index contributed by atoms with van der Waals surface area (Å²) in [6, 6.07) is 16.3. The normalized spacial score (nSPS) is 10.6. The Kier molecular flexibility index (Phi) is 6.78. The molecule has 0 atom stereocenters. The van der Waals surface area contributed by atoms with Gasteiger partial charge in [0.2, 0.25) is 0 Å². The smallest absolute Gasteiger partial charge is 0.274 e. The zero-order chi connectivity index (χ0) is 22.3. The van der Waals surface area contributed by atoms with Gasteiger partial charge >= 0.3 is 0 Å². The van der Waals surface area contributed by atoms with Crippen molar-refractivity contribution in [2.75, 3.05) is 25.0 Å². The van der Waals surface area contributed by atoms with Crippen molar-refractivity contribution in [2.45, 2.75) is 0 Å². The SMILES string of the molecule is O=C(Nc1ccccc1C#CCNCCO)c1ccn2ncc(-c3cccc(Cl)c3)c2n1. The molecule has 160 valence electrons. The molecule has 3 N–H and O–H groups in total. The summed E-state index contributed by atoms with van der Waals surface area (Å²) in [7, 11) is 0. The van der Waals surface area contributed by atoms with Crippen LogP contribution in [0, 0.1) is 11.8 Å². The Hall–Kier alpha value is -3.70. The Morgan fingerprint density at radius 2 is 2.03 bits per heavy atom. The lowest BCUT2D eigenvalue weighted by Gasteiger charge is -2.08. The van der Waals surface area contributed by atoms with Crippen LogP contribution in [0.5, 0.6) is 0 Å². The van der Waals surface area contributed by atoms with Crippen LogP contribution in [-0.2, 0) is 0 Å². The molecule has 2 aromatic heterocycles. The monoisotopic (exact) mass is 445 g/mol. The maximum Gasteiger partial charge on any atom is 0.274 e. The first kappa shape index (κ1) is 21.5. The van der Waals surface area contributed by atoms with Gasteiger partial charge in [-0.3, -0.25) is 4.79 Å². The van der Waals surface area contributed by atoms with E-state index in [0.717, 1.165) is 11.1 Å². The van der Waals surface area contributed by atoms with Crippen molar-refractivity contribution in [3.63, 3.8) is 0 Å². The summed E-state index contributed by atoms with van der Waals surface area (Å²) in [4.78, 5) is 17.5. The number of nitrogens with one attached hydrogen (secondary N) is 2. The maximum atomic E-state index is 12.9. The molecule has 7 nitrogen and oxygen atoms in total. The molecule has 0 saturated heterocycles. The zero-order valence-electron chi connectivity index (χ0n) is 17.0. The van der Waals surface area contributed by atoms with Gasteiger partial charge in [0.25, 0.3) is 5.91 Å². The number of rotatable bonds is 6. The van der Waals surface area contributed by atoms with Crippen LogP contribution >= 0.6 is 11.6 Å². The van der Waals surface area contributed by atoms with Gasteiger partial charge in [0.15, 0.2) is 5.65 Å². The highest BCUT2D eigenvalue weighted by Crippen LogP contribution is 2.26. The summed E-state index contributed by atoms with van der Waals surface area (Å²) >= 11 is 6.12. The third-order valence-corrected chi connectivity index (χ3v) is 4.87. The van der Waals surface area contributed by atoms with E-state index in [0.29, 0.717) is 35.0 Å². The molecule has 0 spiro atoms. The molecule has 4 rings (SSSR count). The first-order chi connectivity index (χ1) is 15.7. The van der Waals surface area contributed by atoms with E-state index in [4.69, 9.17) is 16.7 Å². The number of hydrogen-bond donors (Lipinski definition) is 3. The van der Waals surface area contributed by atoms with E-state index < -0.39 is 0 Å². The Balaban J connectivity index is 1.58. The van der Waals surface area contributed by atoms with E-state index in [1.165, 1.54) is 0 Å². The summed E-state index contributed by atoms with van der Waals surface area (Å²) in [6.07, 6.45) is 3.40. The molecular weight excluding hydrogens is 426 g/mol. The minimum Gasteiger partial charge on any atom is -0.395 e. The van der Waals surface area contributed by atoms with Gasteiger partial charge in [-0.05, 0) is 35.9 Å². The summed E-state index contributed by atoms with van der Waals surface area (Å²) in [5, 5.41) is 19.6. The fourth-order valence-corrected chi connectivity index (χ4v) is 3.30. The van der Waals surface area contributed by atoms with Crippen molar-refractivity contribution in [3.8, 4) is 23.0 Å². The molecule has 0 saturated carbocycles. The quantitative estimate of drug-likeness (QED) is 0.313. The number of benzene rings is 2. The Labute approximate surface area is 190 Å². The Morgan fingerprint density at radius 1 is 1.16 bits per heavy atom. The second-order valence-electron chi connectivity index (χ2n) is 6.85. The van der Waals surface area contributed by atoms with Gasteiger partial charge in [0.1, 0.15) is 5.69 Å². The van der Waals surface area contributed by atoms with E-state index in [1.807, 2.05) is 36.4 Å². The number of halogens is 1. The number of hydrogen-bond acceptors (Lipinski definition) is 5. The van der Waals surface area contributed by atoms with Gasteiger partial charge in [0, 0.05) is 28.9 Å². The maximum absolute atomic E-state index is 12.9. The second-order valence-corrected chi connectivity index (χ2v) is 7.29. The summed E-state index contributed by atoms with van der Waals surface area (Å²) < 4.78 is 1.62. The molecule has 32 heavy (non-hydrogen) atoms. The number of aliphatic hydroxyl groups excluding tert-OH is 1. The lowest BCUT2D eigenvalue weighted by atomic mass is 10.1. The van der Waals surface area contributed by atoms with Gasteiger partial charge in [-0.15, -0.1) is 0 Å². The number of aliphatic hydroxyl groups is 1. The molecule has 0 unspecified atom stereocenters. The molecular formula is C24H20ClN5O2. The molecule has 0 aliphatic carbocycles. The topological polar surface area (TPSA) is 91.5 Å². The summed E-state index contributed by atoms with van der Waals surface area (Å²) in [5.74, 6) is 5.67. The van der Waals surface area contributed by atoms with Gasteiger partial charge < -0.3 is 15.7 Å². The number of fused-ring (bicyclic) bond motifs is 1. The minimum atomic E-state index is -0.349. The van der Waals surface area contributed by atoms with Crippen molar-refractivity contribution < 1.29 is 9.90 Å². The Morgan fingerprint density at radius 3 is 2.88 bits per heavy atom. The molecule has 0 bridgehead atoms. The van der Waals surface area contributed by atoms with Gasteiger partial charge in [-0.25, -0.2) is 9.50 Å². The second kappa shape index (κ2) is 10.1. The number of anilines is 1. The average Bonchev–Trinajstić information content (AvgIpc) is 3.23. The highest BCUT2D eigenvalue weighted by molar-refractivity contribution is 6.30. The largest absolute Gasteiger partial charge is 0.395 e. The number of carbonyl (C=O) groups excluding carboxylic acids is 1. The molecule has 8 heteroatoms. The predicted molar refractivity (Wildman–Crippen MR) is 125 cm³/mol. The third-order valence-electron chi connectivity index (χ3n) is 4.64. The zero-order valence-corrected chi connectivity index (χ0v) is 17.8. The van der Waals surface area contributed by atoms with Crippen LogP contribution in [-0.4, -0.2) is 45.3 Å². The van der Waals surface area contributed by atoms with E-state index in [9.17, 15) is 4.79 Å². The average molecular weight is 446 g/mol. The highest BCUT2D eigenvalue weighted by atomic mass is 35.5. The first-order valence-corrected chi connectivity index (χ1v) is 10.3. The first-order valence-electron chi connectivity index (χ1n) is 9.97. The van der Waals surface area contributed by atoms with Crippen LogP contribution in [0.1, 0.15) is 16.1 Å². The van der Waals surface area contributed by atoms with Crippen molar-refractivity contribution in [1.82, 2.24) is 19.9 Å². The van der Waals surface area contributed by atoms with Gasteiger partial charge in [0.05, 0.1) is 25.0 Å². The minimum absolute atomic E-state index is 0.0574. The van der Waals surface area contributed by atoms with Crippen LogP contribution in [0.25, 0.3) is 16.8 Å². The molecule has 0 aliphatic heterocycles. The van der Waals surface area contributed by atoms with Crippen molar-refractivity contribution in [2.24, 2.45) is 0 Å². The summed E-state index contributed by atoms with van der Waals surface area (Å²) in [6.45, 7) is 0.976. The lowest BCUT2D eigenvalue weighted by molar-refractivity contribution is 0.102. The molecule has 0 radical (unpaired) electrons. The molecule has 1 amide bonds. The number of carbonyl (C=O) groups is 1. The highest BCUT2D eigenvalue weighted by Gasteiger charge is 2.14. The lowest BCUT2D eigenvalue weighted by Crippen LogP contribution is -2.18. The molecule has 0 fully saturated rings. The van der Waals surface area contributed by atoms with Crippen molar-refractivity contribution in [3.05, 3.63) is 83.3 Å². The van der Waals surface area contributed by atoms with Crippen molar-refractivity contribution in [1.29, 1.82) is 0 Å². The Bertz CT molecular complexity index is 1320. The van der Waals surface area contributed by atoms with Crippen LogP contribution in [0.4, 0.5) is 5.69 Å². The fourth-order valence-electron chi connectivity index (χ4n) is 3.11. The van der Waals surface area contributed by atoms with E-state index >= 15 is 0 Å². The van der Waals surface area contributed by atoms with E-state index in [2.05, 4.69) is 32.6 Å². The predicted octanol–water partition coefficient (Wildman–Crippen LogP) is 3.24. The molecule has 2 heterocycles. The standard InChI is InChI=1S/C24H20ClN5O2/c25-19-8-3-6-18(15-19)20-16-27-30-13-10-22(28-23(20)30)24(32)29-21-9-2-1-5-17(21)7-4-11-26-12-14-31/h1-3,5-6,8-10,13,15-16,26,31H,11-12,14H2,(H,29,32). The number of aromatic nitrogens is 3. The van der Waals surface area contributed by atoms with Crippen LogP contribution in [0.2, 0.25) is 5.02 Å². The number of amides is 1. The molecule has 0 aliphatic rings. The van der Waals surface area contributed by atoms with E-state index in [-0.39, 0.29) is 18.2 Å². The van der Waals surface area contributed by atoms with Gasteiger partial charge in [-0.2, -0.15) is 5.10 Å². The third kappa shape index (κ3) is 4.95. The molecule has 2 aromatic carbocycles. The number of para-hydroxylation sites is 1. The van der Waals surface area contributed by atoms with Crippen LogP contribution in [0.3, 0.4) is 0 Å². The molecule has 4 aromatic rings. The van der Waals surface area contributed by atoms with Crippen molar-refractivity contribution >= 4 is 28.8 Å². The summed E-state index contributed by atoms with van der Waals surface area (Å²) in [5.41, 5.74) is 3.75. The number of nitrogens with zero attached hydrogens (tertiary/aromatic N) is 3. The fraction of sp³-hybridized carbons (Fsp3) is 0.125.